The smallest absolute Gasteiger partial charge is 0.264 e. The summed E-state index contributed by atoms with van der Waals surface area (Å²) in [6.07, 6.45) is 1.41. The normalized spacial score (nSPS) is 16.4. The molecule has 1 N–H and O–H groups in total. The minimum atomic E-state index is -0.520. The summed E-state index contributed by atoms with van der Waals surface area (Å²) in [5, 5.41) is 5.00. The second kappa shape index (κ2) is 7.97. The van der Waals surface area contributed by atoms with Gasteiger partial charge in [0.15, 0.2) is 11.5 Å². The van der Waals surface area contributed by atoms with Gasteiger partial charge in [0.2, 0.25) is 5.91 Å². The number of hydrogen-bond donors (Lipinski definition) is 1. The predicted molar refractivity (Wildman–Crippen MR) is 102 cm³/mol. The topological polar surface area (TPSA) is 67.9 Å². The first-order chi connectivity index (χ1) is 12.5. The zero-order valence-electron chi connectivity index (χ0n) is 14.5. The van der Waals surface area contributed by atoms with Gasteiger partial charge in [0, 0.05) is 18.7 Å². The average molecular weight is 395 g/mol. The van der Waals surface area contributed by atoms with E-state index in [1.165, 1.54) is 25.6 Å². The Morgan fingerprint density at radius 1 is 1.27 bits per heavy atom. The van der Waals surface area contributed by atoms with Crippen LogP contribution in [0.5, 0.6) is 11.5 Å². The van der Waals surface area contributed by atoms with Gasteiger partial charge in [-0.25, -0.2) is 0 Å². The lowest BCUT2D eigenvalue weighted by Gasteiger charge is -2.24. The van der Waals surface area contributed by atoms with E-state index in [9.17, 15) is 9.59 Å². The van der Waals surface area contributed by atoms with Crippen LogP contribution in [0.4, 0.5) is 5.69 Å². The number of carbonyl (C=O) groups excluding carboxylic acids is 2. The molecule has 1 saturated heterocycles. The molecule has 1 aliphatic heterocycles. The van der Waals surface area contributed by atoms with Crippen molar-refractivity contribution in [3.8, 4) is 11.5 Å². The molecule has 0 bridgehead atoms. The second-order valence-electron chi connectivity index (χ2n) is 5.81. The van der Waals surface area contributed by atoms with Gasteiger partial charge in [-0.1, -0.05) is 17.7 Å². The fourth-order valence-corrected chi connectivity index (χ4v) is 3.87. The fourth-order valence-electron chi connectivity index (χ4n) is 2.99. The van der Waals surface area contributed by atoms with Gasteiger partial charge < -0.3 is 19.7 Å². The van der Waals surface area contributed by atoms with Crippen LogP contribution in [0, 0.1) is 0 Å². The van der Waals surface area contributed by atoms with E-state index in [0.717, 1.165) is 6.42 Å². The number of thiophene rings is 1. The Morgan fingerprint density at radius 2 is 2.00 bits per heavy atom. The number of nitrogens with one attached hydrogen (secondary N) is 1. The third-order valence-electron chi connectivity index (χ3n) is 4.28. The maximum absolute atomic E-state index is 12.8. The molecule has 0 radical (unpaired) electrons. The molecule has 0 unspecified atom stereocenters. The number of carbonyl (C=O) groups is 2. The van der Waals surface area contributed by atoms with Crippen LogP contribution in [-0.4, -0.2) is 43.5 Å². The number of likely N-dealkylation sites (tertiary alicyclic amines) is 1. The number of amides is 2. The molecule has 1 fully saturated rings. The van der Waals surface area contributed by atoms with Crippen LogP contribution in [-0.2, 0) is 4.79 Å². The number of ether oxygens (including phenoxy) is 2. The van der Waals surface area contributed by atoms with Crippen molar-refractivity contribution in [3.05, 3.63) is 39.5 Å². The Bertz CT molecular complexity index is 810. The van der Waals surface area contributed by atoms with Gasteiger partial charge in [-0.15, -0.1) is 11.3 Å². The van der Waals surface area contributed by atoms with E-state index in [1.54, 1.807) is 23.1 Å². The first-order valence-electron chi connectivity index (χ1n) is 8.12. The SMILES string of the molecule is COc1cc(Cl)c(NC(=O)[C@H]2CCCN2C(=O)c2cccs2)cc1OC. The standard InChI is InChI=1S/C18H19ClN2O4S/c1-24-14-9-11(19)12(10-15(14)25-2)20-17(22)13-5-3-7-21(13)18(23)16-6-4-8-26-16/h4,6,8-10,13H,3,5,7H2,1-2H3,(H,20,22)/t13-/m1/s1. The van der Waals surface area contributed by atoms with Crippen molar-refractivity contribution in [3.63, 3.8) is 0 Å². The molecular formula is C18H19ClN2O4S. The Hall–Kier alpha value is -2.25. The van der Waals surface area contributed by atoms with Gasteiger partial charge in [0.25, 0.3) is 5.91 Å². The number of halogens is 1. The number of rotatable bonds is 5. The first-order valence-corrected chi connectivity index (χ1v) is 9.37. The minimum Gasteiger partial charge on any atom is -0.493 e. The molecule has 2 aromatic rings. The van der Waals surface area contributed by atoms with Crippen molar-refractivity contribution in [2.24, 2.45) is 0 Å². The molecule has 0 aliphatic carbocycles. The van der Waals surface area contributed by atoms with E-state index >= 15 is 0 Å². The molecule has 2 amide bonds. The Balaban J connectivity index is 1.78. The third kappa shape index (κ3) is 3.64. The summed E-state index contributed by atoms with van der Waals surface area (Å²) < 4.78 is 10.4. The van der Waals surface area contributed by atoms with Gasteiger partial charge in [-0.3, -0.25) is 9.59 Å². The monoisotopic (exact) mass is 394 g/mol. The molecule has 1 aliphatic rings. The van der Waals surface area contributed by atoms with E-state index in [-0.39, 0.29) is 11.8 Å². The van der Waals surface area contributed by atoms with Crippen molar-refractivity contribution in [1.82, 2.24) is 4.90 Å². The second-order valence-corrected chi connectivity index (χ2v) is 7.17. The summed E-state index contributed by atoms with van der Waals surface area (Å²) in [6, 6.07) is 6.27. The lowest BCUT2D eigenvalue weighted by Crippen LogP contribution is -2.43. The molecule has 138 valence electrons. The number of anilines is 1. The van der Waals surface area contributed by atoms with Crippen LogP contribution in [0.1, 0.15) is 22.5 Å². The highest BCUT2D eigenvalue weighted by Crippen LogP contribution is 2.36. The molecule has 1 aromatic heterocycles. The maximum Gasteiger partial charge on any atom is 0.264 e. The third-order valence-corrected chi connectivity index (χ3v) is 5.45. The van der Waals surface area contributed by atoms with E-state index in [0.29, 0.717) is 40.1 Å². The van der Waals surface area contributed by atoms with Crippen LogP contribution >= 0.6 is 22.9 Å². The van der Waals surface area contributed by atoms with Crippen LogP contribution < -0.4 is 14.8 Å². The van der Waals surface area contributed by atoms with Gasteiger partial charge in [0.05, 0.1) is 29.8 Å². The molecule has 3 rings (SSSR count). The Kier molecular flexibility index (Phi) is 5.68. The van der Waals surface area contributed by atoms with Crippen molar-refractivity contribution in [2.45, 2.75) is 18.9 Å². The number of methoxy groups -OCH3 is 2. The van der Waals surface area contributed by atoms with Crippen molar-refractivity contribution >= 4 is 40.4 Å². The average Bonchev–Trinajstić information content (AvgIpc) is 3.34. The molecule has 2 heterocycles. The molecule has 1 aromatic carbocycles. The van der Waals surface area contributed by atoms with Gasteiger partial charge in [-0.2, -0.15) is 0 Å². The van der Waals surface area contributed by atoms with Crippen molar-refractivity contribution < 1.29 is 19.1 Å². The number of hydrogen-bond acceptors (Lipinski definition) is 5. The van der Waals surface area contributed by atoms with Crippen LogP contribution in [0.25, 0.3) is 0 Å². The molecular weight excluding hydrogens is 376 g/mol. The van der Waals surface area contributed by atoms with Crippen molar-refractivity contribution in [1.29, 1.82) is 0 Å². The quantitative estimate of drug-likeness (QED) is 0.840. The molecule has 0 saturated carbocycles. The Morgan fingerprint density at radius 3 is 2.65 bits per heavy atom. The highest BCUT2D eigenvalue weighted by molar-refractivity contribution is 7.12. The predicted octanol–water partition coefficient (Wildman–Crippen LogP) is 3.66. The van der Waals surface area contributed by atoms with Crippen LogP contribution in [0.3, 0.4) is 0 Å². The largest absolute Gasteiger partial charge is 0.493 e. The highest BCUT2D eigenvalue weighted by atomic mass is 35.5. The molecule has 26 heavy (non-hydrogen) atoms. The van der Waals surface area contributed by atoms with Gasteiger partial charge in [0.1, 0.15) is 6.04 Å². The van der Waals surface area contributed by atoms with E-state index in [1.807, 2.05) is 11.4 Å². The minimum absolute atomic E-state index is 0.115. The summed E-state index contributed by atoms with van der Waals surface area (Å²) in [5.74, 6) is 0.564. The summed E-state index contributed by atoms with van der Waals surface area (Å²) in [5.41, 5.74) is 0.421. The molecule has 8 heteroatoms. The molecule has 1 atom stereocenters. The van der Waals surface area contributed by atoms with E-state index < -0.39 is 6.04 Å². The zero-order valence-corrected chi connectivity index (χ0v) is 16.0. The molecule has 6 nitrogen and oxygen atoms in total. The summed E-state index contributed by atoms with van der Waals surface area (Å²) in [6.45, 7) is 0.564. The highest BCUT2D eigenvalue weighted by Gasteiger charge is 2.35. The summed E-state index contributed by atoms with van der Waals surface area (Å²) in [7, 11) is 3.02. The maximum atomic E-state index is 12.8. The zero-order chi connectivity index (χ0) is 18.7. The summed E-state index contributed by atoms with van der Waals surface area (Å²) >= 11 is 7.61. The van der Waals surface area contributed by atoms with Gasteiger partial charge >= 0.3 is 0 Å². The Labute approximate surface area is 160 Å². The van der Waals surface area contributed by atoms with E-state index in [2.05, 4.69) is 5.32 Å². The molecule has 0 spiro atoms. The number of nitrogens with zero attached hydrogens (tertiary/aromatic N) is 1. The van der Waals surface area contributed by atoms with Gasteiger partial charge in [-0.05, 0) is 24.3 Å². The summed E-state index contributed by atoms with van der Waals surface area (Å²) in [4.78, 5) is 27.6. The van der Waals surface area contributed by atoms with Crippen molar-refractivity contribution in [2.75, 3.05) is 26.1 Å². The van der Waals surface area contributed by atoms with Crippen LogP contribution in [0.15, 0.2) is 29.6 Å². The van der Waals surface area contributed by atoms with Crippen LogP contribution in [0.2, 0.25) is 5.02 Å². The lowest BCUT2D eigenvalue weighted by atomic mass is 10.2. The fraction of sp³-hybridized carbons (Fsp3) is 0.333. The lowest BCUT2D eigenvalue weighted by molar-refractivity contribution is -0.119. The number of benzene rings is 1. The van der Waals surface area contributed by atoms with E-state index in [4.69, 9.17) is 21.1 Å². The first kappa shape index (κ1) is 18.5.